The normalized spacial score (nSPS) is 17.1. The number of nitrogens with zero attached hydrogens (tertiary/aromatic N) is 1. The van der Waals surface area contributed by atoms with Gasteiger partial charge in [0.15, 0.2) is 0 Å². The maximum atomic E-state index is 12.6. The van der Waals surface area contributed by atoms with Gasteiger partial charge in [-0.05, 0) is 41.0 Å². The van der Waals surface area contributed by atoms with E-state index >= 15 is 0 Å². The third-order valence-electron chi connectivity index (χ3n) is 4.72. The molecule has 3 aromatic carbocycles. The van der Waals surface area contributed by atoms with Gasteiger partial charge in [0.1, 0.15) is 0 Å². The number of nitrogens with one attached hydrogen (secondary N) is 1. The largest absolute Gasteiger partial charge is 0.325 e. The number of rotatable bonds is 3. The monoisotopic (exact) mass is 440 g/mol. The lowest BCUT2D eigenvalue weighted by atomic mass is 9.95. The van der Waals surface area contributed by atoms with E-state index in [1.807, 2.05) is 54.6 Å². The number of halogens is 2. The van der Waals surface area contributed by atoms with E-state index in [9.17, 15) is 4.79 Å². The molecule has 27 heavy (non-hydrogen) atoms. The molecule has 1 aliphatic rings. The van der Waals surface area contributed by atoms with E-state index in [0.29, 0.717) is 11.6 Å². The van der Waals surface area contributed by atoms with Gasteiger partial charge in [-0.2, -0.15) is 0 Å². The summed E-state index contributed by atoms with van der Waals surface area (Å²) in [6.07, 6.45) is 0. The Labute approximate surface area is 172 Å². The minimum Gasteiger partial charge on any atom is -0.325 e. The number of fused-ring (bicyclic) bond motifs is 1. The highest BCUT2D eigenvalue weighted by atomic mass is 79.9. The second kappa shape index (κ2) is 7.85. The molecule has 136 valence electrons. The summed E-state index contributed by atoms with van der Waals surface area (Å²) in [5.41, 5.74) is 4.00. The molecule has 0 fully saturated rings. The van der Waals surface area contributed by atoms with Crippen molar-refractivity contribution in [2.24, 2.45) is 0 Å². The molecule has 0 radical (unpaired) electrons. The van der Waals surface area contributed by atoms with E-state index in [-0.39, 0.29) is 18.5 Å². The van der Waals surface area contributed by atoms with Crippen molar-refractivity contribution in [1.29, 1.82) is 0 Å². The summed E-state index contributed by atoms with van der Waals surface area (Å²) >= 11 is 10.2. The van der Waals surface area contributed by atoms with Crippen LogP contribution in [0.25, 0.3) is 0 Å². The molecule has 0 bridgehead atoms. The minimum absolute atomic E-state index is 0.0240. The number of hydrogen-bond acceptors (Lipinski definition) is 2. The first-order valence-electron chi connectivity index (χ1n) is 8.73. The van der Waals surface area contributed by atoms with Crippen molar-refractivity contribution in [2.45, 2.75) is 12.6 Å². The molecule has 3 aromatic rings. The Balaban J connectivity index is 1.87. The van der Waals surface area contributed by atoms with E-state index in [2.05, 4.69) is 44.3 Å². The number of carbonyl (C=O) groups is 1. The average Bonchev–Trinajstić information content (AvgIpc) is 2.78. The summed E-state index contributed by atoms with van der Waals surface area (Å²) < 4.78 is 0.967. The number of amides is 1. The molecule has 0 spiro atoms. The molecular formula is C22H18BrClN2O. The number of carbonyl (C=O) groups excluding carboxylic acids is 1. The quantitative estimate of drug-likeness (QED) is 0.570. The number of hydrogen-bond donors (Lipinski definition) is 1. The van der Waals surface area contributed by atoms with Crippen LogP contribution in [0.15, 0.2) is 77.3 Å². The lowest BCUT2D eigenvalue weighted by Gasteiger charge is -2.31. The third kappa shape index (κ3) is 3.93. The van der Waals surface area contributed by atoms with E-state index in [1.165, 1.54) is 0 Å². The van der Waals surface area contributed by atoms with Crippen molar-refractivity contribution in [2.75, 3.05) is 11.9 Å². The zero-order valence-electron chi connectivity index (χ0n) is 14.5. The Hall–Kier alpha value is -2.14. The molecule has 0 unspecified atom stereocenters. The third-order valence-corrected chi connectivity index (χ3v) is 5.56. The smallest absolute Gasteiger partial charge is 0.238 e. The SMILES string of the molecule is O=C1CN(Cc2ccccc2)[C@@H](c2ccccc2Cl)c2cc(Br)ccc2N1. The van der Waals surface area contributed by atoms with Crippen molar-refractivity contribution >= 4 is 39.1 Å². The van der Waals surface area contributed by atoms with Crippen molar-refractivity contribution in [3.63, 3.8) is 0 Å². The Bertz CT molecular complexity index is 977. The van der Waals surface area contributed by atoms with Crippen LogP contribution >= 0.6 is 27.5 Å². The van der Waals surface area contributed by atoms with Crippen LogP contribution in [-0.2, 0) is 11.3 Å². The van der Waals surface area contributed by atoms with Gasteiger partial charge >= 0.3 is 0 Å². The fraction of sp³-hybridized carbons (Fsp3) is 0.136. The highest BCUT2D eigenvalue weighted by Gasteiger charge is 2.31. The topological polar surface area (TPSA) is 32.3 Å². The van der Waals surface area contributed by atoms with E-state index < -0.39 is 0 Å². The van der Waals surface area contributed by atoms with Gasteiger partial charge in [0, 0.05) is 21.7 Å². The molecule has 0 saturated heterocycles. The molecule has 3 nitrogen and oxygen atoms in total. The Morgan fingerprint density at radius 2 is 1.74 bits per heavy atom. The van der Waals surface area contributed by atoms with Crippen LogP contribution in [0.4, 0.5) is 5.69 Å². The van der Waals surface area contributed by atoms with E-state index in [1.54, 1.807) is 0 Å². The van der Waals surface area contributed by atoms with Gasteiger partial charge < -0.3 is 5.32 Å². The Morgan fingerprint density at radius 1 is 1.00 bits per heavy atom. The second-order valence-corrected chi connectivity index (χ2v) is 7.92. The summed E-state index contributed by atoms with van der Waals surface area (Å²) in [4.78, 5) is 14.8. The zero-order chi connectivity index (χ0) is 18.8. The highest BCUT2D eigenvalue weighted by molar-refractivity contribution is 9.10. The summed E-state index contributed by atoms with van der Waals surface area (Å²) in [7, 11) is 0. The summed E-state index contributed by atoms with van der Waals surface area (Å²) in [5, 5.41) is 3.74. The van der Waals surface area contributed by atoms with Crippen LogP contribution in [-0.4, -0.2) is 17.4 Å². The van der Waals surface area contributed by atoms with Crippen LogP contribution in [0.5, 0.6) is 0 Å². The first-order valence-corrected chi connectivity index (χ1v) is 9.90. The van der Waals surface area contributed by atoms with Crippen molar-refractivity contribution in [1.82, 2.24) is 4.90 Å². The number of benzene rings is 3. The predicted molar refractivity (Wildman–Crippen MR) is 113 cm³/mol. The fourth-order valence-electron chi connectivity index (χ4n) is 3.56. The molecule has 1 atom stereocenters. The standard InChI is InChI=1S/C22H18BrClN2O/c23-16-10-11-20-18(12-16)22(17-8-4-5-9-19(17)24)26(14-21(27)25-20)13-15-6-2-1-3-7-15/h1-12,22H,13-14H2,(H,25,27)/t22-/m0/s1. The van der Waals surface area contributed by atoms with Crippen molar-refractivity contribution < 1.29 is 4.79 Å². The molecule has 1 N–H and O–H groups in total. The van der Waals surface area contributed by atoms with Gasteiger partial charge in [-0.1, -0.05) is 76.1 Å². The maximum Gasteiger partial charge on any atom is 0.238 e. The Morgan fingerprint density at radius 3 is 2.52 bits per heavy atom. The first kappa shape index (κ1) is 18.2. The van der Waals surface area contributed by atoms with E-state index in [0.717, 1.165) is 26.9 Å². The van der Waals surface area contributed by atoms with Gasteiger partial charge in [0.05, 0.1) is 12.6 Å². The van der Waals surface area contributed by atoms with Crippen LogP contribution in [0.1, 0.15) is 22.7 Å². The van der Waals surface area contributed by atoms with Crippen molar-refractivity contribution in [3.05, 3.63) is 99.0 Å². The van der Waals surface area contributed by atoms with Crippen molar-refractivity contribution in [3.8, 4) is 0 Å². The molecular weight excluding hydrogens is 424 g/mol. The van der Waals surface area contributed by atoms with Gasteiger partial charge in [0.25, 0.3) is 0 Å². The second-order valence-electron chi connectivity index (χ2n) is 6.59. The molecule has 5 heteroatoms. The molecule has 4 rings (SSSR count). The molecule has 1 amide bonds. The zero-order valence-corrected chi connectivity index (χ0v) is 16.9. The Kier molecular flexibility index (Phi) is 5.30. The van der Waals surface area contributed by atoms with Gasteiger partial charge in [0.2, 0.25) is 5.91 Å². The van der Waals surface area contributed by atoms with Gasteiger partial charge in [-0.15, -0.1) is 0 Å². The first-order chi connectivity index (χ1) is 13.1. The molecule has 0 saturated carbocycles. The molecule has 0 aliphatic carbocycles. The van der Waals surface area contributed by atoms with Crippen LogP contribution in [0, 0.1) is 0 Å². The fourth-order valence-corrected chi connectivity index (χ4v) is 4.18. The van der Waals surface area contributed by atoms with Crippen LogP contribution in [0.2, 0.25) is 5.02 Å². The molecule has 1 aliphatic heterocycles. The van der Waals surface area contributed by atoms with E-state index in [4.69, 9.17) is 11.6 Å². The predicted octanol–water partition coefficient (Wildman–Crippen LogP) is 5.65. The summed E-state index contributed by atoms with van der Waals surface area (Å²) in [5.74, 6) is -0.0240. The lowest BCUT2D eigenvalue weighted by molar-refractivity contribution is -0.117. The van der Waals surface area contributed by atoms with Gasteiger partial charge in [-0.25, -0.2) is 0 Å². The van der Waals surface area contributed by atoms with Crippen LogP contribution in [0.3, 0.4) is 0 Å². The minimum atomic E-state index is -0.134. The van der Waals surface area contributed by atoms with Gasteiger partial charge in [-0.3, -0.25) is 9.69 Å². The lowest BCUT2D eigenvalue weighted by Crippen LogP contribution is -2.33. The maximum absolute atomic E-state index is 12.6. The molecule has 0 aromatic heterocycles. The molecule has 1 heterocycles. The average molecular weight is 442 g/mol. The highest BCUT2D eigenvalue weighted by Crippen LogP contribution is 2.40. The number of anilines is 1. The summed E-state index contributed by atoms with van der Waals surface area (Å²) in [6.45, 7) is 0.938. The summed E-state index contributed by atoms with van der Waals surface area (Å²) in [6, 6.07) is 23.8. The van der Waals surface area contributed by atoms with Crippen LogP contribution < -0.4 is 5.32 Å².